The molecule has 0 radical (unpaired) electrons. The molecule has 0 saturated heterocycles. The van der Waals surface area contributed by atoms with Crippen molar-refractivity contribution in [3.8, 4) is 0 Å². The predicted molar refractivity (Wildman–Crippen MR) is 33.1 cm³/mol. The maximum absolute atomic E-state index is 10.7. The Morgan fingerprint density at radius 2 is 2.67 bits per heavy atom. The van der Waals surface area contributed by atoms with Crippen LogP contribution in [0.3, 0.4) is 0 Å². The van der Waals surface area contributed by atoms with Crippen LogP contribution >= 0.6 is 0 Å². The van der Waals surface area contributed by atoms with E-state index in [2.05, 4.69) is 16.8 Å². The van der Waals surface area contributed by atoms with Crippen LogP contribution in [0, 0.1) is 0 Å². The Bertz CT molecular complexity index is 213. The fourth-order valence-corrected chi connectivity index (χ4v) is 0.503. The van der Waals surface area contributed by atoms with Gasteiger partial charge in [-0.05, 0) is 6.08 Å². The van der Waals surface area contributed by atoms with Crippen molar-refractivity contribution in [1.82, 2.24) is 10.2 Å². The molecule has 9 heavy (non-hydrogen) atoms. The van der Waals surface area contributed by atoms with Gasteiger partial charge in [-0.15, -0.1) is 0 Å². The van der Waals surface area contributed by atoms with E-state index in [9.17, 15) is 4.79 Å². The van der Waals surface area contributed by atoms with E-state index in [1.54, 1.807) is 0 Å². The first-order valence-corrected chi connectivity index (χ1v) is 2.50. The van der Waals surface area contributed by atoms with E-state index in [4.69, 9.17) is 0 Å². The summed E-state index contributed by atoms with van der Waals surface area (Å²) in [7, 11) is 0. The van der Waals surface area contributed by atoms with E-state index in [1.165, 1.54) is 18.5 Å². The molecule has 0 aliphatic rings. The van der Waals surface area contributed by atoms with Gasteiger partial charge >= 0.3 is 0 Å². The SMILES string of the molecule is C=CC(=O)c1cn[nH]c1. The molecular formula is C6H6N2O. The lowest BCUT2D eigenvalue weighted by Gasteiger charge is -1.80. The molecule has 0 aromatic carbocycles. The predicted octanol–water partition coefficient (Wildman–Crippen LogP) is 0.778. The number of H-pyrrole nitrogens is 1. The summed E-state index contributed by atoms with van der Waals surface area (Å²) < 4.78 is 0. The number of rotatable bonds is 2. The summed E-state index contributed by atoms with van der Waals surface area (Å²) in [6.07, 6.45) is 4.25. The number of hydrogen-bond donors (Lipinski definition) is 1. The zero-order valence-electron chi connectivity index (χ0n) is 4.79. The highest BCUT2D eigenvalue weighted by Crippen LogP contribution is 1.94. The van der Waals surface area contributed by atoms with Crippen LogP contribution < -0.4 is 0 Å². The zero-order chi connectivity index (χ0) is 6.69. The molecule has 1 aromatic rings. The molecular weight excluding hydrogens is 116 g/mol. The van der Waals surface area contributed by atoms with Crippen molar-refractivity contribution in [2.24, 2.45) is 0 Å². The van der Waals surface area contributed by atoms with Crippen molar-refractivity contribution < 1.29 is 4.79 Å². The van der Waals surface area contributed by atoms with E-state index in [0.29, 0.717) is 5.56 Å². The Balaban J connectivity index is 2.89. The first-order chi connectivity index (χ1) is 4.34. The van der Waals surface area contributed by atoms with Gasteiger partial charge in [0.25, 0.3) is 0 Å². The number of ketones is 1. The summed E-state index contributed by atoms with van der Waals surface area (Å²) in [6.45, 7) is 3.33. The largest absolute Gasteiger partial charge is 0.289 e. The lowest BCUT2D eigenvalue weighted by atomic mass is 10.2. The van der Waals surface area contributed by atoms with Gasteiger partial charge in [0.05, 0.1) is 11.8 Å². The van der Waals surface area contributed by atoms with Gasteiger partial charge < -0.3 is 0 Å². The summed E-state index contributed by atoms with van der Waals surface area (Å²) >= 11 is 0. The van der Waals surface area contributed by atoms with E-state index in [0.717, 1.165) is 0 Å². The average Bonchev–Trinajstić information content (AvgIpc) is 2.37. The quantitative estimate of drug-likeness (QED) is 0.465. The van der Waals surface area contributed by atoms with Crippen LogP contribution in [0.15, 0.2) is 25.0 Å². The van der Waals surface area contributed by atoms with Crippen LogP contribution in [0.5, 0.6) is 0 Å². The van der Waals surface area contributed by atoms with E-state index in [-0.39, 0.29) is 5.78 Å². The molecule has 0 atom stereocenters. The minimum atomic E-state index is -0.108. The minimum Gasteiger partial charge on any atom is -0.289 e. The van der Waals surface area contributed by atoms with Crippen LogP contribution in [-0.2, 0) is 0 Å². The summed E-state index contributed by atoms with van der Waals surface area (Å²) in [4.78, 5) is 10.7. The molecule has 1 rings (SSSR count). The number of allylic oxidation sites excluding steroid dienone is 1. The molecule has 0 amide bonds. The summed E-state index contributed by atoms with van der Waals surface area (Å²) in [5.74, 6) is -0.108. The number of aromatic amines is 1. The standard InChI is InChI=1S/C6H6N2O/c1-2-6(9)5-3-7-8-4-5/h2-4H,1H2,(H,7,8). The maximum atomic E-state index is 10.7. The normalized spacial score (nSPS) is 8.89. The van der Waals surface area contributed by atoms with Crippen molar-refractivity contribution in [2.45, 2.75) is 0 Å². The molecule has 1 N–H and O–H groups in total. The topological polar surface area (TPSA) is 45.8 Å². The average molecular weight is 122 g/mol. The van der Waals surface area contributed by atoms with E-state index < -0.39 is 0 Å². The molecule has 46 valence electrons. The lowest BCUT2D eigenvalue weighted by Crippen LogP contribution is -1.88. The van der Waals surface area contributed by atoms with Gasteiger partial charge in [-0.3, -0.25) is 9.89 Å². The monoisotopic (exact) mass is 122 g/mol. The minimum absolute atomic E-state index is 0.108. The Labute approximate surface area is 52.4 Å². The van der Waals surface area contributed by atoms with Crippen molar-refractivity contribution in [3.63, 3.8) is 0 Å². The second-order valence-electron chi connectivity index (χ2n) is 1.56. The Morgan fingerprint density at radius 3 is 3.11 bits per heavy atom. The number of nitrogens with zero attached hydrogens (tertiary/aromatic N) is 1. The highest BCUT2D eigenvalue weighted by Gasteiger charge is 1.98. The molecule has 0 bridgehead atoms. The molecule has 0 spiro atoms. The first-order valence-electron chi connectivity index (χ1n) is 2.50. The molecule has 3 heteroatoms. The van der Waals surface area contributed by atoms with Crippen LogP contribution in [-0.4, -0.2) is 16.0 Å². The van der Waals surface area contributed by atoms with Gasteiger partial charge in [-0.2, -0.15) is 5.10 Å². The highest BCUT2D eigenvalue weighted by atomic mass is 16.1. The number of carbonyl (C=O) groups excluding carboxylic acids is 1. The molecule has 0 unspecified atom stereocenters. The van der Waals surface area contributed by atoms with Gasteiger partial charge in [-0.25, -0.2) is 0 Å². The molecule has 1 heterocycles. The molecule has 3 nitrogen and oxygen atoms in total. The zero-order valence-corrected chi connectivity index (χ0v) is 4.79. The number of nitrogens with one attached hydrogen (secondary N) is 1. The molecule has 0 aliphatic heterocycles. The Hall–Kier alpha value is -1.38. The van der Waals surface area contributed by atoms with Gasteiger partial charge in [-0.1, -0.05) is 6.58 Å². The third kappa shape index (κ3) is 1.05. The van der Waals surface area contributed by atoms with Crippen LogP contribution in [0.2, 0.25) is 0 Å². The van der Waals surface area contributed by atoms with E-state index in [1.807, 2.05) is 0 Å². The fourth-order valence-electron chi connectivity index (χ4n) is 0.503. The van der Waals surface area contributed by atoms with Gasteiger partial charge in [0, 0.05) is 6.20 Å². The Morgan fingerprint density at radius 1 is 1.89 bits per heavy atom. The summed E-state index contributed by atoms with van der Waals surface area (Å²) in [5, 5.41) is 6.12. The summed E-state index contributed by atoms with van der Waals surface area (Å²) in [5.41, 5.74) is 0.546. The Kier molecular flexibility index (Phi) is 1.44. The molecule has 1 aromatic heterocycles. The lowest BCUT2D eigenvalue weighted by molar-refractivity contribution is 0.104. The first kappa shape index (κ1) is 5.75. The van der Waals surface area contributed by atoms with Gasteiger partial charge in [0.15, 0.2) is 5.78 Å². The fraction of sp³-hybridized carbons (Fsp3) is 0. The number of hydrogen-bond acceptors (Lipinski definition) is 2. The van der Waals surface area contributed by atoms with Crippen LogP contribution in [0.4, 0.5) is 0 Å². The highest BCUT2D eigenvalue weighted by molar-refractivity contribution is 6.03. The molecule has 0 fully saturated rings. The molecule has 0 saturated carbocycles. The van der Waals surface area contributed by atoms with Crippen molar-refractivity contribution in [2.75, 3.05) is 0 Å². The van der Waals surface area contributed by atoms with Gasteiger partial charge in [0.2, 0.25) is 0 Å². The van der Waals surface area contributed by atoms with E-state index >= 15 is 0 Å². The maximum Gasteiger partial charge on any atom is 0.188 e. The number of carbonyl (C=O) groups is 1. The molecule has 0 aliphatic carbocycles. The summed E-state index contributed by atoms with van der Waals surface area (Å²) in [6, 6.07) is 0. The third-order valence-corrected chi connectivity index (χ3v) is 0.968. The second kappa shape index (κ2) is 2.26. The van der Waals surface area contributed by atoms with Gasteiger partial charge in [0.1, 0.15) is 0 Å². The van der Waals surface area contributed by atoms with Crippen LogP contribution in [0.1, 0.15) is 10.4 Å². The van der Waals surface area contributed by atoms with Crippen molar-refractivity contribution in [3.05, 3.63) is 30.6 Å². The van der Waals surface area contributed by atoms with Crippen LogP contribution in [0.25, 0.3) is 0 Å². The van der Waals surface area contributed by atoms with Crippen molar-refractivity contribution >= 4 is 5.78 Å². The van der Waals surface area contributed by atoms with Crippen molar-refractivity contribution in [1.29, 1.82) is 0 Å². The third-order valence-electron chi connectivity index (χ3n) is 0.968. The second-order valence-corrected chi connectivity index (χ2v) is 1.56. The smallest absolute Gasteiger partial charge is 0.188 e. The number of aromatic nitrogens is 2.